The third kappa shape index (κ3) is 5.32. The SMILES string of the molecule is COc1cc(-c2cc(C)cc(-c3c4ccccc4c(N(c4ccc(C)cc4)c4ccc(C)cc4)c4ccccc34)c2)c2ccc3cc(C)cc4ccc1c2c43. The number of ether oxygens (including phenoxy) is 1. The van der Waals surface area contributed by atoms with Gasteiger partial charge in [-0.05, 0) is 136 Å². The first-order valence-corrected chi connectivity index (χ1v) is 19.1. The van der Waals surface area contributed by atoms with Gasteiger partial charge in [-0.15, -0.1) is 0 Å². The number of hydrogen-bond acceptors (Lipinski definition) is 2. The zero-order valence-corrected chi connectivity index (χ0v) is 31.9. The molecule has 10 rings (SSSR count). The first-order valence-electron chi connectivity index (χ1n) is 19.1. The van der Waals surface area contributed by atoms with Crippen LogP contribution in [0, 0.1) is 27.7 Å². The lowest BCUT2D eigenvalue weighted by Gasteiger charge is -2.30. The van der Waals surface area contributed by atoms with Crippen molar-refractivity contribution in [2.24, 2.45) is 0 Å². The Hall–Kier alpha value is -6.64. The van der Waals surface area contributed by atoms with Gasteiger partial charge in [-0.25, -0.2) is 0 Å². The second kappa shape index (κ2) is 12.7. The summed E-state index contributed by atoms with van der Waals surface area (Å²) in [5.74, 6) is 0.896. The summed E-state index contributed by atoms with van der Waals surface area (Å²) in [6, 6.07) is 58.6. The Kier molecular flexibility index (Phi) is 7.64. The average molecular weight is 708 g/mol. The molecule has 55 heavy (non-hydrogen) atoms. The molecule has 0 aliphatic carbocycles. The molecule has 0 aliphatic rings. The minimum Gasteiger partial charge on any atom is -0.496 e. The topological polar surface area (TPSA) is 12.5 Å². The summed E-state index contributed by atoms with van der Waals surface area (Å²) in [4.78, 5) is 2.44. The molecule has 2 nitrogen and oxygen atoms in total. The van der Waals surface area contributed by atoms with E-state index >= 15 is 0 Å². The van der Waals surface area contributed by atoms with Crippen LogP contribution in [0.25, 0.3) is 76.1 Å². The molecule has 2 heteroatoms. The molecule has 0 N–H and O–H groups in total. The third-order valence-electron chi connectivity index (χ3n) is 11.4. The molecular weight excluding hydrogens is 667 g/mol. The summed E-state index contributed by atoms with van der Waals surface area (Å²) in [7, 11) is 1.79. The lowest BCUT2D eigenvalue weighted by atomic mass is 9.86. The van der Waals surface area contributed by atoms with E-state index in [2.05, 4.69) is 190 Å². The van der Waals surface area contributed by atoms with Crippen molar-refractivity contribution in [3.05, 3.63) is 180 Å². The number of fused-ring (bicyclic) bond motifs is 2. The van der Waals surface area contributed by atoms with Crippen molar-refractivity contribution in [2.45, 2.75) is 27.7 Å². The zero-order chi connectivity index (χ0) is 37.4. The van der Waals surface area contributed by atoms with E-state index in [1.807, 2.05) is 0 Å². The Balaban J connectivity index is 1.26. The van der Waals surface area contributed by atoms with Gasteiger partial charge in [-0.2, -0.15) is 0 Å². The van der Waals surface area contributed by atoms with Crippen LogP contribution < -0.4 is 9.64 Å². The second-order valence-corrected chi connectivity index (χ2v) is 15.2. The van der Waals surface area contributed by atoms with Crippen LogP contribution in [0.2, 0.25) is 0 Å². The van der Waals surface area contributed by atoms with Crippen molar-refractivity contribution in [1.82, 2.24) is 0 Å². The van der Waals surface area contributed by atoms with Crippen LogP contribution >= 0.6 is 0 Å². The van der Waals surface area contributed by atoms with Gasteiger partial charge in [0.1, 0.15) is 5.75 Å². The summed E-state index contributed by atoms with van der Waals surface area (Å²) in [5, 5.41) is 12.3. The van der Waals surface area contributed by atoms with Crippen molar-refractivity contribution in [1.29, 1.82) is 0 Å². The highest BCUT2D eigenvalue weighted by Gasteiger charge is 2.23. The van der Waals surface area contributed by atoms with Gasteiger partial charge in [0.2, 0.25) is 0 Å². The highest BCUT2D eigenvalue weighted by atomic mass is 16.5. The molecule has 0 aliphatic heterocycles. The predicted molar refractivity (Wildman–Crippen MR) is 236 cm³/mol. The van der Waals surface area contributed by atoms with Crippen LogP contribution in [-0.4, -0.2) is 7.11 Å². The van der Waals surface area contributed by atoms with Crippen molar-refractivity contribution in [2.75, 3.05) is 12.0 Å². The van der Waals surface area contributed by atoms with Gasteiger partial charge < -0.3 is 9.64 Å². The van der Waals surface area contributed by atoms with Crippen LogP contribution in [0.1, 0.15) is 22.3 Å². The third-order valence-corrected chi connectivity index (χ3v) is 11.4. The summed E-state index contributed by atoms with van der Waals surface area (Å²) < 4.78 is 6.13. The van der Waals surface area contributed by atoms with E-state index in [4.69, 9.17) is 4.74 Å². The van der Waals surface area contributed by atoms with Crippen molar-refractivity contribution in [3.8, 4) is 28.0 Å². The van der Waals surface area contributed by atoms with E-state index in [-0.39, 0.29) is 0 Å². The highest BCUT2D eigenvalue weighted by Crippen LogP contribution is 2.50. The molecule has 0 saturated carbocycles. The van der Waals surface area contributed by atoms with Crippen molar-refractivity contribution in [3.63, 3.8) is 0 Å². The molecule has 0 fully saturated rings. The van der Waals surface area contributed by atoms with E-state index in [0.29, 0.717) is 0 Å². The molecule has 0 unspecified atom stereocenters. The maximum atomic E-state index is 6.13. The first kappa shape index (κ1) is 33.0. The smallest absolute Gasteiger partial charge is 0.127 e. The molecule has 0 saturated heterocycles. The van der Waals surface area contributed by atoms with Gasteiger partial charge in [-0.3, -0.25) is 0 Å². The van der Waals surface area contributed by atoms with Gasteiger partial charge >= 0.3 is 0 Å². The van der Waals surface area contributed by atoms with Crippen LogP contribution in [-0.2, 0) is 0 Å². The Bertz CT molecular complexity index is 2980. The molecular formula is C53H41NO. The summed E-state index contributed by atoms with van der Waals surface area (Å²) in [6.07, 6.45) is 0. The molecule has 0 amide bonds. The number of rotatable bonds is 6. The first-order chi connectivity index (χ1) is 26.9. The van der Waals surface area contributed by atoms with Crippen molar-refractivity contribution >= 4 is 70.9 Å². The van der Waals surface area contributed by atoms with Crippen LogP contribution in [0.4, 0.5) is 17.1 Å². The minimum atomic E-state index is 0.896. The highest BCUT2D eigenvalue weighted by molar-refractivity contribution is 6.27. The van der Waals surface area contributed by atoms with Gasteiger partial charge in [0.15, 0.2) is 0 Å². The number of hydrogen-bond donors (Lipinski definition) is 0. The average Bonchev–Trinajstić information content (AvgIpc) is 3.20. The summed E-state index contributed by atoms with van der Waals surface area (Å²) >= 11 is 0. The number of nitrogens with zero attached hydrogens (tertiary/aromatic N) is 1. The Labute approximate surface area is 322 Å². The minimum absolute atomic E-state index is 0.896. The maximum absolute atomic E-state index is 6.13. The maximum Gasteiger partial charge on any atom is 0.127 e. The summed E-state index contributed by atoms with van der Waals surface area (Å²) in [5.41, 5.74) is 13.2. The molecule has 264 valence electrons. The quantitative estimate of drug-likeness (QED) is 0.126. The second-order valence-electron chi connectivity index (χ2n) is 15.2. The van der Waals surface area contributed by atoms with Crippen molar-refractivity contribution < 1.29 is 4.74 Å². The lowest BCUT2D eigenvalue weighted by Crippen LogP contribution is -2.11. The predicted octanol–water partition coefficient (Wildman–Crippen LogP) is 14.9. The van der Waals surface area contributed by atoms with E-state index in [0.717, 1.165) is 22.5 Å². The van der Waals surface area contributed by atoms with Gasteiger partial charge in [0, 0.05) is 32.9 Å². The number of anilines is 3. The molecule has 10 aromatic rings. The van der Waals surface area contributed by atoms with Gasteiger partial charge in [-0.1, -0.05) is 126 Å². The molecule has 0 radical (unpaired) electrons. The fourth-order valence-electron chi connectivity index (χ4n) is 8.98. The monoisotopic (exact) mass is 707 g/mol. The fourth-order valence-corrected chi connectivity index (χ4v) is 8.98. The zero-order valence-electron chi connectivity index (χ0n) is 31.9. The molecule has 0 bridgehead atoms. The van der Waals surface area contributed by atoms with E-state index in [9.17, 15) is 0 Å². The molecule has 0 heterocycles. The normalized spacial score (nSPS) is 11.7. The standard InChI is InChI=1S/C53H41NO/c1-32-14-20-40(21-15-32)54(41-22-16-33(2)17-23-41)53-45-12-8-6-10-42(45)51(43-11-7-9-13-46(43)53)39-29-35(4)28-38(30-39)48-31-49(55-5)47-25-19-37-27-34(3)26-36-18-24-44(48)52(47)50(36)37/h6-31H,1-5H3. The van der Waals surface area contributed by atoms with E-state index in [1.54, 1.807) is 7.11 Å². The van der Waals surface area contributed by atoms with E-state index < -0.39 is 0 Å². The lowest BCUT2D eigenvalue weighted by molar-refractivity contribution is 0.420. The number of aryl methyl sites for hydroxylation is 4. The largest absolute Gasteiger partial charge is 0.496 e. The van der Waals surface area contributed by atoms with Crippen LogP contribution in [0.5, 0.6) is 5.75 Å². The van der Waals surface area contributed by atoms with Gasteiger partial charge in [0.05, 0.1) is 12.8 Å². The Morgan fingerprint density at radius 1 is 0.400 bits per heavy atom. The fraction of sp³-hybridized carbons (Fsp3) is 0.0943. The molecule has 0 spiro atoms. The van der Waals surface area contributed by atoms with E-state index in [1.165, 1.54) is 98.7 Å². The Morgan fingerprint density at radius 2 is 0.909 bits per heavy atom. The Morgan fingerprint density at radius 3 is 1.47 bits per heavy atom. The number of benzene rings is 10. The molecule has 10 aromatic carbocycles. The van der Waals surface area contributed by atoms with Crippen LogP contribution in [0.15, 0.2) is 158 Å². The molecule has 0 aromatic heterocycles. The number of methoxy groups -OCH3 is 1. The van der Waals surface area contributed by atoms with Crippen LogP contribution in [0.3, 0.4) is 0 Å². The summed E-state index contributed by atoms with van der Waals surface area (Å²) in [6.45, 7) is 8.69. The molecule has 0 atom stereocenters. The van der Waals surface area contributed by atoms with Gasteiger partial charge in [0.25, 0.3) is 0 Å².